The molecule has 2 aromatic heterocycles. The highest BCUT2D eigenvalue weighted by molar-refractivity contribution is 5.81. The first-order valence-corrected chi connectivity index (χ1v) is 9.46. The Balaban J connectivity index is 1.78. The third-order valence-electron chi connectivity index (χ3n) is 5.21. The summed E-state index contributed by atoms with van der Waals surface area (Å²) >= 11 is 0. The van der Waals surface area contributed by atoms with Crippen molar-refractivity contribution in [1.82, 2.24) is 25.3 Å². The lowest BCUT2D eigenvalue weighted by atomic mass is 9.87. The Hall–Kier alpha value is -2.98. The summed E-state index contributed by atoms with van der Waals surface area (Å²) in [5.41, 5.74) is 11.3. The van der Waals surface area contributed by atoms with Crippen LogP contribution in [0.15, 0.2) is 24.3 Å². The van der Waals surface area contributed by atoms with Gasteiger partial charge in [0.25, 0.3) is 0 Å². The van der Waals surface area contributed by atoms with Crippen LogP contribution < -0.4 is 11.1 Å². The van der Waals surface area contributed by atoms with Gasteiger partial charge in [0, 0.05) is 12.1 Å². The highest BCUT2D eigenvalue weighted by Crippen LogP contribution is 2.33. The second kappa shape index (κ2) is 7.33. The molecule has 0 radical (unpaired) electrons. The van der Waals surface area contributed by atoms with Crippen molar-refractivity contribution >= 4 is 16.9 Å². The maximum Gasteiger partial charge on any atom is 0.142 e. The van der Waals surface area contributed by atoms with Gasteiger partial charge < -0.3 is 11.1 Å². The van der Waals surface area contributed by atoms with Crippen molar-refractivity contribution in [3.63, 3.8) is 0 Å². The highest BCUT2D eigenvalue weighted by atomic mass is 15.4. The molecule has 7 nitrogen and oxygen atoms in total. The summed E-state index contributed by atoms with van der Waals surface area (Å²) in [6, 6.07) is 10.3. The maximum atomic E-state index is 9.58. The number of anilines is 1. The van der Waals surface area contributed by atoms with Gasteiger partial charge in [-0.3, -0.25) is 0 Å². The number of nitrogens with zero attached hydrogens (tertiary/aromatic N) is 5. The summed E-state index contributed by atoms with van der Waals surface area (Å²) in [5.74, 6) is 0.636. The third kappa shape index (κ3) is 3.24. The van der Waals surface area contributed by atoms with Gasteiger partial charge in [0.05, 0.1) is 16.8 Å². The number of rotatable bonds is 4. The minimum atomic E-state index is 0.304. The van der Waals surface area contributed by atoms with Gasteiger partial charge in [-0.1, -0.05) is 18.2 Å². The van der Waals surface area contributed by atoms with E-state index in [9.17, 15) is 5.26 Å². The fourth-order valence-electron chi connectivity index (χ4n) is 3.82. The van der Waals surface area contributed by atoms with E-state index in [1.807, 2.05) is 28.9 Å². The van der Waals surface area contributed by atoms with E-state index in [2.05, 4.69) is 33.6 Å². The maximum absolute atomic E-state index is 9.58. The van der Waals surface area contributed by atoms with Gasteiger partial charge in [-0.05, 0) is 62.0 Å². The van der Waals surface area contributed by atoms with Gasteiger partial charge in [0.2, 0.25) is 0 Å². The zero-order valence-electron chi connectivity index (χ0n) is 15.4. The molecule has 0 atom stereocenters. The van der Waals surface area contributed by atoms with Crippen molar-refractivity contribution in [1.29, 1.82) is 5.26 Å². The highest BCUT2D eigenvalue weighted by Gasteiger charge is 2.22. The van der Waals surface area contributed by atoms with Gasteiger partial charge in [-0.2, -0.15) is 5.26 Å². The Bertz CT molecular complexity index is 1010. The molecular weight excluding hydrogens is 338 g/mol. The Morgan fingerprint density at radius 2 is 2.11 bits per heavy atom. The van der Waals surface area contributed by atoms with Gasteiger partial charge >= 0.3 is 0 Å². The molecule has 1 aliphatic heterocycles. The molecule has 27 heavy (non-hydrogen) atoms. The molecule has 3 heterocycles. The molecule has 0 unspecified atom stereocenters. The summed E-state index contributed by atoms with van der Waals surface area (Å²) in [5, 5.41) is 21.5. The van der Waals surface area contributed by atoms with E-state index in [4.69, 9.17) is 5.73 Å². The number of piperidine rings is 1. The SMILES string of the molecule is CCCn1nnc2cc(-c3cc(C4CCNCC4)c(C#N)c(N)n3)ccc21. The smallest absolute Gasteiger partial charge is 0.142 e. The number of nitrogen functional groups attached to an aromatic ring is 1. The first kappa shape index (κ1) is 17.4. The van der Waals surface area contributed by atoms with Gasteiger partial charge in [0.15, 0.2) is 0 Å². The summed E-state index contributed by atoms with van der Waals surface area (Å²) < 4.78 is 1.92. The van der Waals surface area contributed by atoms with Crippen molar-refractivity contribution in [2.24, 2.45) is 0 Å². The molecular formula is C20H23N7. The number of benzene rings is 1. The number of nitrogens with two attached hydrogens (primary N) is 1. The van der Waals surface area contributed by atoms with Crippen LogP contribution in [0.5, 0.6) is 0 Å². The van der Waals surface area contributed by atoms with Gasteiger partial charge in [0.1, 0.15) is 17.4 Å². The van der Waals surface area contributed by atoms with Crippen LogP contribution in [0.4, 0.5) is 5.82 Å². The van der Waals surface area contributed by atoms with E-state index < -0.39 is 0 Å². The summed E-state index contributed by atoms with van der Waals surface area (Å²) in [6.45, 7) is 4.88. The fraction of sp³-hybridized carbons (Fsp3) is 0.400. The monoisotopic (exact) mass is 361 g/mol. The fourth-order valence-corrected chi connectivity index (χ4v) is 3.82. The van der Waals surface area contributed by atoms with E-state index >= 15 is 0 Å². The summed E-state index contributed by atoms with van der Waals surface area (Å²) in [4.78, 5) is 4.50. The van der Waals surface area contributed by atoms with E-state index in [0.717, 1.165) is 66.8 Å². The lowest BCUT2D eigenvalue weighted by molar-refractivity contribution is 0.460. The third-order valence-corrected chi connectivity index (χ3v) is 5.21. The van der Waals surface area contributed by atoms with Crippen LogP contribution in [0.2, 0.25) is 0 Å². The Kier molecular flexibility index (Phi) is 4.73. The van der Waals surface area contributed by atoms with Crippen molar-refractivity contribution in [3.05, 3.63) is 35.4 Å². The standard InChI is InChI=1S/C20H23N7/c1-2-9-27-19-4-3-14(10-18(19)25-26-27)17-11-15(13-5-7-23-8-6-13)16(12-21)20(22)24-17/h3-4,10-11,13,23H,2,5-9H2,1H3,(H2,22,24). The minimum absolute atomic E-state index is 0.304. The summed E-state index contributed by atoms with van der Waals surface area (Å²) in [6.07, 6.45) is 3.01. The molecule has 1 aromatic carbocycles. The van der Waals surface area contributed by atoms with Gasteiger partial charge in [-0.15, -0.1) is 5.10 Å². The van der Waals surface area contributed by atoms with Crippen molar-refractivity contribution in [3.8, 4) is 17.3 Å². The van der Waals surface area contributed by atoms with Crippen molar-refractivity contribution in [2.75, 3.05) is 18.8 Å². The second-order valence-corrected chi connectivity index (χ2v) is 7.01. The number of fused-ring (bicyclic) bond motifs is 1. The molecule has 0 bridgehead atoms. The minimum Gasteiger partial charge on any atom is -0.383 e. The Labute approximate surface area is 158 Å². The van der Waals surface area contributed by atoms with Crippen LogP contribution in [-0.2, 0) is 6.54 Å². The molecule has 4 rings (SSSR count). The number of hydrogen-bond donors (Lipinski definition) is 2. The number of aromatic nitrogens is 4. The number of hydrogen-bond acceptors (Lipinski definition) is 6. The molecule has 138 valence electrons. The van der Waals surface area contributed by atoms with Crippen molar-refractivity contribution in [2.45, 2.75) is 38.6 Å². The molecule has 0 aliphatic carbocycles. The predicted molar refractivity (Wildman–Crippen MR) is 105 cm³/mol. The average molecular weight is 361 g/mol. The molecule has 1 aliphatic rings. The van der Waals surface area contributed by atoms with E-state index in [1.165, 1.54) is 0 Å². The van der Waals surface area contributed by atoms with Crippen LogP contribution in [0.25, 0.3) is 22.3 Å². The topological polar surface area (TPSA) is 105 Å². The van der Waals surface area contributed by atoms with E-state index in [0.29, 0.717) is 17.3 Å². The normalized spacial score (nSPS) is 15.1. The molecule has 0 saturated carbocycles. The lowest BCUT2D eigenvalue weighted by Crippen LogP contribution is -2.27. The summed E-state index contributed by atoms with van der Waals surface area (Å²) in [7, 11) is 0. The van der Waals surface area contributed by atoms with Crippen LogP contribution in [0.3, 0.4) is 0 Å². The number of aryl methyl sites for hydroxylation is 1. The Morgan fingerprint density at radius 3 is 2.85 bits per heavy atom. The predicted octanol–water partition coefficient (Wildman–Crippen LogP) is 2.82. The zero-order valence-corrected chi connectivity index (χ0v) is 15.4. The average Bonchev–Trinajstić information content (AvgIpc) is 3.10. The number of pyridine rings is 1. The van der Waals surface area contributed by atoms with Gasteiger partial charge in [-0.25, -0.2) is 9.67 Å². The first-order chi connectivity index (χ1) is 13.2. The molecule has 7 heteroatoms. The van der Waals surface area contributed by atoms with Crippen LogP contribution in [0.1, 0.15) is 43.2 Å². The number of nitriles is 1. The zero-order chi connectivity index (χ0) is 18.8. The molecule has 3 aromatic rings. The first-order valence-electron chi connectivity index (χ1n) is 9.46. The second-order valence-electron chi connectivity index (χ2n) is 7.01. The molecule has 0 spiro atoms. The largest absolute Gasteiger partial charge is 0.383 e. The van der Waals surface area contributed by atoms with E-state index in [-0.39, 0.29) is 0 Å². The quantitative estimate of drug-likeness (QED) is 0.740. The lowest BCUT2D eigenvalue weighted by Gasteiger charge is -2.24. The Morgan fingerprint density at radius 1 is 1.30 bits per heavy atom. The molecule has 3 N–H and O–H groups in total. The van der Waals surface area contributed by atoms with E-state index in [1.54, 1.807) is 0 Å². The van der Waals surface area contributed by atoms with Crippen molar-refractivity contribution < 1.29 is 0 Å². The van der Waals surface area contributed by atoms with Crippen LogP contribution in [-0.4, -0.2) is 33.1 Å². The number of nitrogens with one attached hydrogen (secondary N) is 1. The van der Waals surface area contributed by atoms with Crippen LogP contribution in [0, 0.1) is 11.3 Å². The molecule has 1 fully saturated rings. The van der Waals surface area contributed by atoms with Crippen LogP contribution >= 0.6 is 0 Å². The molecule has 0 amide bonds. The molecule has 1 saturated heterocycles.